The van der Waals surface area contributed by atoms with Crippen molar-refractivity contribution in [3.8, 4) is 0 Å². The second kappa shape index (κ2) is 3.01. The first kappa shape index (κ1) is 10.0. The normalized spacial score (nSPS) is 34.7. The van der Waals surface area contributed by atoms with Gasteiger partial charge in [0.1, 0.15) is 5.41 Å². The monoisotopic (exact) mass is 186 g/mol. The van der Waals surface area contributed by atoms with Crippen LogP contribution in [0.25, 0.3) is 0 Å². The zero-order valence-electron chi connectivity index (χ0n) is 8.03. The minimum Gasteiger partial charge on any atom is -0.478 e. The van der Waals surface area contributed by atoms with Crippen molar-refractivity contribution in [3.05, 3.63) is 0 Å². The van der Waals surface area contributed by atoms with Crippen LogP contribution < -0.4 is 0 Å². The number of rotatable bonds is 3. The smallest absolute Gasteiger partial charge is 0.346 e. The van der Waals surface area contributed by atoms with Gasteiger partial charge in [0.05, 0.1) is 0 Å². The Labute approximate surface area is 76.9 Å². The molecule has 1 fully saturated rings. The standard InChI is InChI=1S/C9H14O4/c1-4-5(2)9(3)6(7(10)11)13-8(9)12/h5-6H,4H2,1-3H3,(H,10,11)/t5-,6+,9-/m0/s1. The number of carbonyl (C=O) groups excluding carboxylic acids is 1. The summed E-state index contributed by atoms with van der Waals surface area (Å²) >= 11 is 0. The highest BCUT2D eigenvalue weighted by Gasteiger charge is 2.60. The highest BCUT2D eigenvalue weighted by molar-refractivity contribution is 5.93. The van der Waals surface area contributed by atoms with Crippen LogP contribution in [0.4, 0.5) is 0 Å². The van der Waals surface area contributed by atoms with Crippen LogP contribution in [0.3, 0.4) is 0 Å². The number of esters is 1. The summed E-state index contributed by atoms with van der Waals surface area (Å²) in [5.74, 6) is -1.41. The van der Waals surface area contributed by atoms with E-state index in [0.29, 0.717) is 0 Å². The van der Waals surface area contributed by atoms with Gasteiger partial charge in [-0.3, -0.25) is 4.79 Å². The molecule has 0 aromatic rings. The Kier molecular flexibility index (Phi) is 2.32. The summed E-state index contributed by atoms with van der Waals surface area (Å²) in [5.41, 5.74) is -0.833. The summed E-state index contributed by atoms with van der Waals surface area (Å²) in [6, 6.07) is 0. The molecule has 0 amide bonds. The minimum absolute atomic E-state index is 0.0369. The first-order chi connectivity index (χ1) is 5.94. The highest BCUT2D eigenvalue weighted by Crippen LogP contribution is 2.44. The number of hydrogen-bond acceptors (Lipinski definition) is 3. The summed E-state index contributed by atoms with van der Waals surface area (Å²) in [6.45, 7) is 5.46. The third kappa shape index (κ3) is 1.20. The molecule has 1 N–H and O–H groups in total. The number of cyclic esters (lactones) is 1. The van der Waals surface area contributed by atoms with Crippen LogP contribution in [0.15, 0.2) is 0 Å². The molecule has 4 nitrogen and oxygen atoms in total. The summed E-state index contributed by atoms with van der Waals surface area (Å²) in [6.07, 6.45) is -0.190. The average molecular weight is 186 g/mol. The Morgan fingerprint density at radius 1 is 1.77 bits per heavy atom. The Hall–Kier alpha value is -1.06. The van der Waals surface area contributed by atoms with Gasteiger partial charge >= 0.3 is 11.9 Å². The van der Waals surface area contributed by atoms with Crippen LogP contribution >= 0.6 is 0 Å². The number of carboxylic acid groups (broad SMARTS) is 1. The lowest BCUT2D eigenvalue weighted by atomic mass is 9.69. The summed E-state index contributed by atoms with van der Waals surface area (Å²) < 4.78 is 4.60. The van der Waals surface area contributed by atoms with Crippen molar-refractivity contribution >= 4 is 11.9 Å². The van der Waals surface area contributed by atoms with Gasteiger partial charge in [-0.25, -0.2) is 4.79 Å². The van der Waals surface area contributed by atoms with Gasteiger partial charge < -0.3 is 9.84 Å². The van der Waals surface area contributed by atoms with E-state index in [4.69, 9.17) is 5.11 Å². The lowest BCUT2D eigenvalue weighted by Gasteiger charge is -2.45. The van der Waals surface area contributed by atoms with Crippen molar-refractivity contribution in [2.75, 3.05) is 0 Å². The van der Waals surface area contributed by atoms with Crippen molar-refractivity contribution in [2.45, 2.75) is 33.3 Å². The van der Waals surface area contributed by atoms with Crippen LogP contribution in [0, 0.1) is 11.3 Å². The van der Waals surface area contributed by atoms with Gasteiger partial charge in [0.2, 0.25) is 6.10 Å². The Bertz CT molecular complexity index is 248. The van der Waals surface area contributed by atoms with Gasteiger partial charge in [0.15, 0.2) is 0 Å². The van der Waals surface area contributed by atoms with Crippen LogP contribution in [0.1, 0.15) is 27.2 Å². The number of carboxylic acids is 1. The predicted octanol–water partition coefficient (Wildman–Crippen LogP) is 1.05. The van der Waals surface area contributed by atoms with Crippen molar-refractivity contribution in [3.63, 3.8) is 0 Å². The molecule has 0 spiro atoms. The molecule has 0 aromatic heterocycles. The third-order valence-corrected chi connectivity index (χ3v) is 3.07. The zero-order chi connectivity index (χ0) is 10.2. The Morgan fingerprint density at radius 2 is 2.31 bits per heavy atom. The van der Waals surface area contributed by atoms with Crippen LogP contribution in [-0.4, -0.2) is 23.1 Å². The molecule has 0 unspecified atom stereocenters. The van der Waals surface area contributed by atoms with E-state index in [9.17, 15) is 9.59 Å². The van der Waals surface area contributed by atoms with Crippen molar-refractivity contribution in [2.24, 2.45) is 11.3 Å². The summed E-state index contributed by atoms with van der Waals surface area (Å²) in [4.78, 5) is 21.9. The molecule has 3 atom stereocenters. The summed E-state index contributed by atoms with van der Waals surface area (Å²) in [5, 5.41) is 8.75. The van der Waals surface area contributed by atoms with E-state index in [-0.39, 0.29) is 5.92 Å². The molecular weight excluding hydrogens is 172 g/mol. The topological polar surface area (TPSA) is 63.6 Å². The molecule has 1 aliphatic rings. The average Bonchev–Trinajstić information content (AvgIpc) is 2.10. The van der Waals surface area contributed by atoms with E-state index < -0.39 is 23.5 Å². The maximum absolute atomic E-state index is 11.2. The fraction of sp³-hybridized carbons (Fsp3) is 0.778. The van der Waals surface area contributed by atoms with E-state index >= 15 is 0 Å². The predicted molar refractivity (Wildman–Crippen MR) is 45.1 cm³/mol. The second-order valence-corrected chi connectivity index (χ2v) is 3.72. The van der Waals surface area contributed by atoms with E-state index in [1.54, 1.807) is 6.92 Å². The van der Waals surface area contributed by atoms with Gasteiger partial charge in [-0.1, -0.05) is 20.3 Å². The number of ether oxygens (including phenoxy) is 1. The lowest BCUT2D eigenvalue weighted by Crippen LogP contribution is -2.61. The quantitative estimate of drug-likeness (QED) is 0.669. The molecule has 0 aliphatic carbocycles. The Morgan fingerprint density at radius 3 is 2.62 bits per heavy atom. The molecule has 1 rings (SSSR count). The molecule has 1 saturated heterocycles. The van der Waals surface area contributed by atoms with E-state index in [0.717, 1.165) is 6.42 Å². The second-order valence-electron chi connectivity index (χ2n) is 3.72. The molecule has 1 aliphatic heterocycles. The largest absolute Gasteiger partial charge is 0.478 e. The molecule has 0 bridgehead atoms. The molecule has 74 valence electrons. The fourth-order valence-corrected chi connectivity index (χ4v) is 1.60. The summed E-state index contributed by atoms with van der Waals surface area (Å²) in [7, 11) is 0. The Balaban J connectivity index is 2.85. The van der Waals surface area contributed by atoms with Gasteiger partial charge in [-0.15, -0.1) is 0 Å². The van der Waals surface area contributed by atoms with Crippen molar-refractivity contribution in [1.29, 1.82) is 0 Å². The number of carbonyl (C=O) groups is 2. The number of aliphatic carboxylic acids is 1. The molecule has 0 radical (unpaired) electrons. The first-order valence-electron chi connectivity index (χ1n) is 4.38. The SMILES string of the molecule is CC[C@H](C)[C@]1(C)C(=O)O[C@@H]1C(=O)O. The molecule has 0 aromatic carbocycles. The van der Waals surface area contributed by atoms with E-state index in [2.05, 4.69) is 4.74 Å². The van der Waals surface area contributed by atoms with Gasteiger partial charge in [-0.05, 0) is 12.8 Å². The fourth-order valence-electron chi connectivity index (χ4n) is 1.60. The molecule has 1 heterocycles. The van der Waals surface area contributed by atoms with Crippen molar-refractivity contribution in [1.82, 2.24) is 0 Å². The molecule has 4 heteroatoms. The molecule has 0 saturated carbocycles. The minimum atomic E-state index is -1.05. The van der Waals surface area contributed by atoms with E-state index in [1.807, 2.05) is 13.8 Å². The lowest BCUT2D eigenvalue weighted by molar-refractivity contribution is -0.219. The zero-order valence-corrected chi connectivity index (χ0v) is 8.03. The van der Waals surface area contributed by atoms with Crippen LogP contribution in [0.5, 0.6) is 0 Å². The molecule has 13 heavy (non-hydrogen) atoms. The van der Waals surface area contributed by atoms with Gasteiger partial charge in [0.25, 0.3) is 0 Å². The van der Waals surface area contributed by atoms with Crippen LogP contribution in [-0.2, 0) is 14.3 Å². The third-order valence-electron chi connectivity index (χ3n) is 3.07. The maximum atomic E-state index is 11.2. The highest BCUT2D eigenvalue weighted by atomic mass is 16.6. The van der Waals surface area contributed by atoms with E-state index in [1.165, 1.54) is 0 Å². The molecular formula is C9H14O4. The number of hydrogen-bond donors (Lipinski definition) is 1. The van der Waals surface area contributed by atoms with Crippen LogP contribution in [0.2, 0.25) is 0 Å². The van der Waals surface area contributed by atoms with Crippen molar-refractivity contribution < 1.29 is 19.4 Å². The maximum Gasteiger partial charge on any atom is 0.346 e. The van der Waals surface area contributed by atoms with Gasteiger partial charge in [0, 0.05) is 0 Å². The first-order valence-corrected chi connectivity index (χ1v) is 4.38. The van der Waals surface area contributed by atoms with Gasteiger partial charge in [-0.2, -0.15) is 0 Å².